The van der Waals surface area contributed by atoms with Gasteiger partial charge in [0.05, 0.1) is 0 Å². The van der Waals surface area contributed by atoms with E-state index < -0.39 is 0 Å². The number of rotatable bonds is 3. The molecule has 17 heavy (non-hydrogen) atoms. The second kappa shape index (κ2) is 5.40. The van der Waals surface area contributed by atoms with E-state index >= 15 is 0 Å². The van der Waals surface area contributed by atoms with Crippen LogP contribution >= 0.6 is 15.9 Å². The topological polar surface area (TPSA) is 59.8 Å². The van der Waals surface area contributed by atoms with Crippen molar-refractivity contribution in [1.29, 1.82) is 0 Å². The van der Waals surface area contributed by atoms with Crippen molar-refractivity contribution in [2.24, 2.45) is 0 Å². The molecule has 1 heterocycles. The van der Waals surface area contributed by atoms with Crippen LogP contribution in [0.2, 0.25) is 0 Å². The van der Waals surface area contributed by atoms with Crippen LogP contribution in [0.5, 0.6) is 0 Å². The van der Waals surface area contributed by atoms with Gasteiger partial charge in [-0.1, -0.05) is 28.1 Å². The summed E-state index contributed by atoms with van der Waals surface area (Å²) in [5.74, 6) is -0.243. The lowest BCUT2D eigenvalue weighted by atomic mass is 10.2. The molecule has 2 aromatic rings. The highest BCUT2D eigenvalue weighted by Gasteiger charge is 1.96. The zero-order valence-corrected chi connectivity index (χ0v) is 10.3. The number of hydrogen-bond donors (Lipinski definition) is 1. The third kappa shape index (κ3) is 3.53. The molecular formula is C11H9BrN4O. The van der Waals surface area contributed by atoms with E-state index in [9.17, 15) is 4.79 Å². The van der Waals surface area contributed by atoms with Crippen molar-refractivity contribution in [3.05, 3.63) is 53.0 Å². The summed E-state index contributed by atoms with van der Waals surface area (Å²) in [6.07, 6.45) is 5.99. The number of carbonyl (C=O) groups excluding carboxylic acids is 1. The summed E-state index contributed by atoms with van der Waals surface area (Å²) < 4.78 is 2.39. The number of hydrogen-bond acceptors (Lipinski definition) is 3. The number of aromatic nitrogens is 3. The van der Waals surface area contributed by atoms with Crippen LogP contribution in [0.4, 0.5) is 0 Å². The summed E-state index contributed by atoms with van der Waals surface area (Å²) in [7, 11) is 0. The van der Waals surface area contributed by atoms with Crippen molar-refractivity contribution in [1.82, 2.24) is 14.9 Å². The largest absolute Gasteiger partial charge is 0.268 e. The van der Waals surface area contributed by atoms with E-state index in [1.807, 2.05) is 24.3 Å². The van der Waals surface area contributed by atoms with Crippen LogP contribution in [0.25, 0.3) is 6.08 Å². The predicted octanol–water partition coefficient (Wildman–Crippen LogP) is 1.82. The number of carbonyl (C=O) groups is 1. The molecule has 0 radical (unpaired) electrons. The van der Waals surface area contributed by atoms with Gasteiger partial charge in [0.2, 0.25) is 0 Å². The summed E-state index contributed by atoms with van der Waals surface area (Å²) in [6.45, 7) is 0. The molecule has 86 valence electrons. The minimum atomic E-state index is -0.243. The Morgan fingerprint density at radius 2 is 1.88 bits per heavy atom. The van der Waals surface area contributed by atoms with Gasteiger partial charge >= 0.3 is 0 Å². The molecule has 0 fully saturated rings. The lowest BCUT2D eigenvalue weighted by Crippen LogP contribution is -2.18. The maximum atomic E-state index is 11.5. The van der Waals surface area contributed by atoms with Gasteiger partial charge in [-0.05, 0) is 23.8 Å². The summed E-state index contributed by atoms with van der Waals surface area (Å²) in [5.41, 5.74) is 3.51. The molecule has 0 atom stereocenters. The maximum Gasteiger partial charge on any atom is 0.262 e. The molecular weight excluding hydrogens is 284 g/mol. The first-order valence-corrected chi connectivity index (χ1v) is 5.62. The summed E-state index contributed by atoms with van der Waals surface area (Å²) in [6, 6.07) is 7.65. The first-order valence-electron chi connectivity index (χ1n) is 4.83. The van der Waals surface area contributed by atoms with Crippen molar-refractivity contribution in [2.75, 3.05) is 5.43 Å². The highest BCUT2D eigenvalue weighted by Crippen LogP contribution is 2.11. The van der Waals surface area contributed by atoms with E-state index in [0.29, 0.717) is 0 Å². The Labute approximate surface area is 106 Å². The average molecular weight is 293 g/mol. The van der Waals surface area contributed by atoms with Gasteiger partial charge < -0.3 is 0 Å². The lowest BCUT2D eigenvalue weighted by molar-refractivity contribution is -0.112. The first kappa shape index (κ1) is 11.5. The van der Waals surface area contributed by atoms with Crippen LogP contribution in [0.3, 0.4) is 0 Å². The Bertz CT molecular complexity index is 519. The molecule has 0 aliphatic carbocycles. The van der Waals surface area contributed by atoms with Crippen molar-refractivity contribution in [3.8, 4) is 0 Å². The normalized spacial score (nSPS) is 10.6. The number of halogens is 1. The highest BCUT2D eigenvalue weighted by molar-refractivity contribution is 9.10. The first-order chi connectivity index (χ1) is 8.24. The number of benzene rings is 1. The Kier molecular flexibility index (Phi) is 3.66. The fraction of sp³-hybridized carbons (Fsp3) is 0. The molecule has 6 heteroatoms. The molecule has 0 bridgehead atoms. The Hall–Kier alpha value is -1.95. The highest BCUT2D eigenvalue weighted by atomic mass is 79.9. The van der Waals surface area contributed by atoms with Crippen molar-refractivity contribution < 1.29 is 4.79 Å². The summed E-state index contributed by atoms with van der Waals surface area (Å²) in [5, 5.41) is 7.14. The van der Waals surface area contributed by atoms with E-state index in [1.54, 1.807) is 6.08 Å². The van der Waals surface area contributed by atoms with Gasteiger partial charge in [0.15, 0.2) is 0 Å². The molecule has 1 amide bonds. The quantitative estimate of drug-likeness (QED) is 0.878. The monoisotopic (exact) mass is 292 g/mol. The standard InChI is InChI=1S/C11H9BrN4O/c12-10-4-1-9(2-5-10)3-6-11(17)15-16-7-13-14-8-16/h1-8H,(H,15,17)/b6-3+. The number of nitrogens with one attached hydrogen (secondary N) is 1. The Morgan fingerprint density at radius 1 is 1.24 bits per heavy atom. The molecule has 1 N–H and O–H groups in total. The molecule has 1 aromatic carbocycles. The molecule has 5 nitrogen and oxygen atoms in total. The van der Waals surface area contributed by atoms with Gasteiger partial charge in [0.25, 0.3) is 5.91 Å². The van der Waals surface area contributed by atoms with Crippen LogP contribution in [-0.2, 0) is 4.79 Å². The summed E-state index contributed by atoms with van der Waals surface area (Å²) in [4.78, 5) is 11.5. The van der Waals surface area contributed by atoms with Gasteiger partial charge in [0.1, 0.15) is 12.7 Å². The smallest absolute Gasteiger partial charge is 0.262 e. The van der Waals surface area contributed by atoms with Crippen molar-refractivity contribution in [2.45, 2.75) is 0 Å². The fourth-order valence-electron chi connectivity index (χ4n) is 1.17. The lowest BCUT2D eigenvalue weighted by Gasteiger charge is -1.99. The van der Waals surface area contributed by atoms with Gasteiger partial charge in [0, 0.05) is 10.5 Å². The maximum absolute atomic E-state index is 11.5. The number of amides is 1. The third-order valence-corrected chi connectivity index (χ3v) is 2.48. The minimum Gasteiger partial charge on any atom is -0.268 e. The van der Waals surface area contributed by atoms with E-state index in [0.717, 1.165) is 10.0 Å². The van der Waals surface area contributed by atoms with E-state index in [2.05, 4.69) is 31.6 Å². The Morgan fingerprint density at radius 3 is 2.53 bits per heavy atom. The zero-order chi connectivity index (χ0) is 12.1. The summed E-state index contributed by atoms with van der Waals surface area (Å²) >= 11 is 3.34. The van der Waals surface area contributed by atoms with Crippen molar-refractivity contribution in [3.63, 3.8) is 0 Å². The molecule has 2 rings (SSSR count). The Balaban J connectivity index is 1.96. The molecule has 0 spiro atoms. The second-order valence-electron chi connectivity index (χ2n) is 3.23. The van der Waals surface area contributed by atoms with Crippen LogP contribution in [0, 0.1) is 0 Å². The molecule has 1 aromatic heterocycles. The SMILES string of the molecule is O=C(/C=C/c1ccc(Br)cc1)Nn1cnnc1. The average Bonchev–Trinajstić information content (AvgIpc) is 2.81. The van der Waals surface area contributed by atoms with E-state index in [4.69, 9.17) is 0 Å². The molecule has 0 aliphatic heterocycles. The van der Waals surface area contributed by atoms with Crippen LogP contribution in [0.1, 0.15) is 5.56 Å². The minimum absolute atomic E-state index is 0.243. The van der Waals surface area contributed by atoms with Crippen molar-refractivity contribution >= 4 is 27.9 Å². The van der Waals surface area contributed by atoms with Crippen LogP contribution < -0.4 is 5.43 Å². The molecule has 0 unspecified atom stereocenters. The van der Waals surface area contributed by atoms with E-state index in [-0.39, 0.29) is 5.91 Å². The van der Waals surface area contributed by atoms with Gasteiger partial charge in [-0.3, -0.25) is 10.2 Å². The van der Waals surface area contributed by atoms with E-state index in [1.165, 1.54) is 23.4 Å². The zero-order valence-electron chi connectivity index (χ0n) is 8.75. The molecule has 0 saturated carbocycles. The van der Waals surface area contributed by atoms with Crippen LogP contribution in [0.15, 0.2) is 47.5 Å². The van der Waals surface area contributed by atoms with Gasteiger partial charge in [-0.15, -0.1) is 10.2 Å². The number of nitrogens with zero attached hydrogens (tertiary/aromatic N) is 3. The third-order valence-electron chi connectivity index (χ3n) is 1.96. The molecule has 0 saturated heterocycles. The second-order valence-corrected chi connectivity index (χ2v) is 4.15. The van der Waals surface area contributed by atoms with Gasteiger partial charge in [-0.25, -0.2) is 4.68 Å². The van der Waals surface area contributed by atoms with Crippen LogP contribution in [-0.4, -0.2) is 20.8 Å². The molecule has 0 aliphatic rings. The predicted molar refractivity (Wildman–Crippen MR) is 67.6 cm³/mol. The van der Waals surface area contributed by atoms with Gasteiger partial charge in [-0.2, -0.15) is 0 Å². The fourth-order valence-corrected chi connectivity index (χ4v) is 1.43.